The highest BCUT2D eigenvalue weighted by atomic mass is 16.3. The molecule has 2 N–H and O–H groups in total. The maximum absolute atomic E-state index is 10.7. The van der Waals surface area contributed by atoms with Crippen LogP contribution in [0.3, 0.4) is 0 Å². The lowest BCUT2D eigenvalue weighted by Crippen LogP contribution is -2.42. The normalized spacial score (nSPS) is 27.4. The van der Waals surface area contributed by atoms with Crippen LogP contribution in [-0.2, 0) is 0 Å². The molecular weight excluding hydrogens is 250 g/mol. The first-order chi connectivity index (χ1) is 9.28. The van der Waals surface area contributed by atoms with Gasteiger partial charge in [0.05, 0.1) is 5.60 Å². The number of hydrogen-bond donors (Lipinski definition) is 2. The fourth-order valence-corrected chi connectivity index (χ4v) is 2.98. The summed E-state index contributed by atoms with van der Waals surface area (Å²) in [6.07, 6.45) is 5.64. The quantitative estimate of drug-likeness (QED) is 0.891. The van der Waals surface area contributed by atoms with Gasteiger partial charge in [-0.3, -0.25) is 0 Å². The number of aryl methyl sites for hydroxylation is 1. The SMILES string of the molecule is Cc1ccnc(NCC2(O)CCC(C(C)(C)C)CC2)n1. The molecule has 4 heteroatoms. The molecule has 1 aromatic rings. The van der Waals surface area contributed by atoms with E-state index in [1.165, 1.54) is 0 Å². The van der Waals surface area contributed by atoms with Gasteiger partial charge >= 0.3 is 0 Å². The first-order valence-corrected chi connectivity index (χ1v) is 7.54. The standard InChI is InChI=1S/C16H27N3O/c1-12-7-10-17-14(19-12)18-11-16(20)8-5-13(6-9-16)15(2,3)4/h7,10,13,20H,5-6,8-9,11H2,1-4H3,(H,17,18,19). The Balaban J connectivity index is 1.88. The molecule has 0 amide bonds. The third-order valence-electron chi connectivity index (χ3n) is 4.51. The lowest BCUT2D eigenvalue weighted by molar-refractivity contribution is -0.0144. The number of aliphatic hydroxyl groups is 1. The van der Waals surface area contributed by atoms with Gasteiger partial charge in [0.2, 0.25) is 5.95 Å². The molecule has 1 heterocycles. The Labute approximate surface area is 122 Å². The summed E-state index contributed by atoms with van der Waals surface area (Å²) in [5, 5.41) is 13.8. The fraction of sp³-hybridized carbons (Fsp3) is 0.750. The number of rotatable bonds is 3. The first-order valence-electron chi connectivity index (χ1n) is 7.54. The molecule has 0 spiro atoms. The fourth-order valence-electron chi connectivity index (χ4n) is 2.98. The highest BCUT2D eigenvalue weighted by Gasteiger charge is 2.37. The molecule has 0 saturated heterocycles. The third-order valence-corrected chi connectivity index (χ3v) is 4.51. The van der Waals surface area contributed by atoms with Gasteiger partial charge in [-0.25, -0.2) is 9.97 Å². The number of aromatic nitrogens is 2. The molecule has 0 bridgehead atoms. The predicted octanol–water partition coefficient (Wildman–Crippen LogP) is 3.16. The van der Waals surface area contributed by atoms with Crippen LogP contribution in [0.5, 0.6) is 0 Å². The minimum Gasteiger partial charge on any atom is -0.388 e. The topological polar surface area (TPSA) is 58.0 Å². The van der Waals surface area contributed by atoms with E-state index in [-0.39, 0.29) is 0 Å². The maximum Gasteiger partial charge on any atom is 0.222 e. The van der Waals surface area contributed by atoms with Crippen LogP contribution in [0.25, 0.3) is 0 Å². The summed E-state index contributed by atoms with van der Waals surface area (Å²) in [7, 11) is 0. The molecule has 0 aliphatic heterocycles. The highest BCUT2D eigenvalue weighted by Crippen LogP contribution is 2.41. The van der Waals surface area contributed by atoms with Crippen LogP contribution in [-0.4, -0.2) is 27.2 Å². The molecule has 20 heavy (non-hydrogen) atoms. The van der Waals surface area contributed by atoms with E-state index in [4.69, 9.17) is 0 Å². The van der Waals surface area contributed by atoms with Gasteiger partial charge in [0, 0.05) is 18.4 Å². The molecule has 1 fully saturated rings. The van der Waals surface area contributed by atoms with Gasteiger partial charge < -0.3 is 10.4 Å². The van der Waals surface area contributed by atoms with Crippen molar-refractivity contribution in [2.45, 2.75) is 59.0 Å². The van der Waals surface area contributed by atoms with E-state index >= 15 is 0 Å². The first kappa shape index (κ1) is 15.2. The number of anilines is 1. The summed E-state index contributed by atoms with van der Waals surface area (Å²) < 4.78 is 0. The van der Waals surface area contributed by atoms with Crippen LogP contribution in [0.1, 0.15) is 52.1 Å². The van der Waals surface area contributed by atoms with Gasteiger partial charge in [0.25, 0.3) is 0 Å². The second kappa shape index (κ2) is 5.68. The van der Waals surface area contributed by atoms with Crippen LogP contribution in [0.15, 0.2) is 12.3 Å². The zero-order valence-electron chi connectivity index (χ0n) is 13.1. The number of nitrogens with zero attached hydrogens (tertiary/aromatic N) is 2. The molecule has 1 aliphatic carbocycles. The number of hydrogen-bond acceptors (Lipinski definition) is 4. The largest absolute Gasteiger partial charge is 0.388 e. The summed E-state index contributed by atoms with van der Waals surface area (Å²) in [4.78, 5) is 8.49. The molecule has 0 radical (unpaired) electrons. The lowest BCUT2D eigenvalue weighted by Gasteiger charge is -2.41. The van der Waals surface area contributed by atoms with Gasteiger partial charge in [-0.2, -0.15) is 0 Å². The van der Waals surface area contributed by atoms with Crippen LogP contribution >= 0.6 is 0 Å². The summed E-state index contributed by atoms with van der Waals surface area (Å²) in [6, 6.07) is 1.87. The lowest BCUT2D eigenvalue weighted by atomic mass is 9.68. The van der Waals surface area contributed by atoms with Gasteiger partial charge in [0.15, 0.2) is 0 Å². The molecule has 1 saturated carbocycles. The van der Waals surface area contributed by atoms with E-state index in [2.05, 4.69) is 36.1 Å². The summed E-state index contributed by atoms with van der Waals surface area (Å²) in [5.41, 5.74) is 0.662. The predicted molar refractivity (Wildman–Crippen MR) is 81.6 cm³/mol. The molecule has 1 aliphatic rings. The molecule has 0 unspecified atom stereocenters. The van der Waals surface area contributed by atoms with Crippen molar-refractivity contribution in [1.29, 1.82) is 0 Å². The Morgan fingerprint density at radius 2 is 2.00 bits per heavy atom. The molecule has 1 aromatic heterocycles. The van der Waals surface area contributed by atoms with E-state index in [1.54, 1.807) is 6.20 Å². The van der Waals surface area contributed by atoms with E-state index < -0.39 is 5.60 Å². The molecule has 4 nitrogen and oxygen atoms in total. The minimum atomic E-state index is -0.616. The maximum atomic E-state index is 10.7. The van der Waals surface area contributed by atoms with Crippen molar-refractivity contribution in [1.82, 2.24) is 9.97 Å². The summed E-state index contributed by atoms with van der Waals surface area (Å²) in [5.74, 6) is 1.31. The van der Waals surface area contributed by atoms with Gasteiger partial charge in [0.1, 0.15) is 0 Å². The Kier molecular flexibility index (Phi) is 4.33. The minimum absolute atomic E-state index is 0.342. The molecule has 112 valence electrons. The monoisotopic (exact) mass is 277 g/mol. The third kappa shape index (κ3) is 3.92. The van der Waals surface area contributed by atoms with E-state index in [0.717, 1.165) is 31.4 Å². The molecule has 2 rings (SSSR count). The number of nitrogens with one attached hydrogen (secondary N) is 1. The van der Waals surface area contributed by atoms with Gasteiger partial charge in [-0.05, 0) is 50.0 Å². The molecular formula is C16H27N3O. The highest BCUT2D eigenvalue weighted by molar-refractivity contribution is 5.25. The van der Waals surface area contributed by atoms with Crippen molar-refractivity contribution >= 4 is 5.95 Å². The Bertz CT molecular complexity index is 445. The molecule has 0 atom stereocenters. The van der Waals surface area contributed by atoms with E-state index in [0.29, 0.717) is 23.8 Å². The second-order valence-corrected chi connectivity index (χ2v) is 7.24. The van der Waals surface area contributed by atoms with E-state index in [9.17, 15) is 5.11 Å². The molecule has 0 aromatic carbocycles. The zero-order valence-corrected chi connectivity index (χ0v) is 13.1. The average molecular weight is 277 g/mol. The van der Waals surface area contributed by atoms with E-state index in [1.807, 2.05) is 13.0 Å². The van der Waals surface area contributed by atoms with Crippen molar-refractivity contribution in [3.8, 4) is 0 Å². The van der Waals surface area contributed by atoms with Crippen molar-refractivity contribution < 1.29 is 5.11 Å². The van der Waals surface area contributed by atoms with Crippen LogP contribution in [0, 0.1) is 18.3 Å². The zero-order chi connectivity index (χ0) is 14.8. The van der Waals surface area contributed by atoms with Crippen LogP contribution < -0.4 is 5.32 Å². The van der Waals surface area contributed by atoms with Crippen molar-refractivity contribution in [2.75, 3.05) is 11.9 Å². The summed E-state index contributed by atoms with van der Waals surface area (Å²) in [6.45, 7) is 9.35. The van der Waals surface area contributed by atoms with Crippen molar-refractivity contribution in [3.05, 3.63) is 18.0 Å². The van der Waals surface area contributed by atoms with Crippen molar-refractivity contribution in [3.63, 3.8) is 0 Å². The smallest absolute Gasteiger partial charge is 0.222 e. The summed E-state index contributed by atoms with van der Waals surface area (Å²) >= 11 is 0. The second-order valence-electron chi connectivity index (χ2n) is 7.24. The van der Waals surface area contributed by atoms with Crippen LogP contribution in [0.4, 0.5) is 5.95 Å². The van der Waals surface area contributed by atoms with Crippen LogP contribution in [0.2, 0.25) is 0 Å². The Morgan fingerprint density at radius 1 is 1.35 bits per heavy atom. The van der Waals surface area contributed by atoms with Crippen molar-refractivity contribution in [2.24, 2.45) is 11.3 Å². The Morgan fingerprint density at radius 3 is 2.55 bits per heavy atom. The average Bonchev–Trinajstić information content (AvgIpc) is 2.36. The van der Waals surface area contributed by atoms with Gasteiger partial charge in [-0.1, -0.05) is 20.8 Å². The van der Waals surface area contributed by atoms with Gasteiger partial charge in [-0.15, -0.1) is 0 Å². The Hall–Kier alpha value is -1.16.